The Hall–Kier alpha value is -2.32. The number of nitrogens with one attached hydrogen (secondary N) is 2. The van der Waals surface area contributed by atoms with Gasteiger partial charge in [-0.15, -0.1) is 0 Å². The van der Waals surface area contributed by atoms with E-state index in [9.17, 15) is 0 Å². The summed E-state index contributed by atoms with van der Waals surface area (Å²) in [6.07, 6.45) is 1.79. The smallest absolute Gasteiger partial charge is 0.177 e. The molecule has 5 aromatic rings. The van der Waals surface area contributed by atoms with Gasteiger partial charge in [0.2, 0.25) is 0 Å². The van der Waals surface area contributed by atoms with Crippen LogP contribution in [0.4, 0.5) is 5.69 Å². The summed E-state index contributed by atoms with van der Waals surface area (Å²) < 4.78 is 1.74. The van der Waals surface area contributed by atoms with Crippen LogP contribution < -0.4 is 5.32 Å². The molecule has 140 valence electrons. The Labute approximate surface area is 178 Å². The summed E-state index contributed by atoms with van der Waals surface area (Å²) >= 11 is 20.0. The Morgan fingerprint density at radius 1 is 1.14 bits per heavy atom. The van der Waals surface area contributed by atoms with Crippen LogP contribution in [0.1, 0.15) is 5.82 Å². The van der Waals surface area contributed by atoms with Gasteiger partial charge in [0, 0.05) is 17.0 Å². The molecule has 0 amide bonds. The topological polar surface area (TPSA) is 70.9 Å². The summed E-state index contributed by atoms with van der Waals surface area (Å²) in [5.74, 6) is 0.740. The predicted molar refractivity (Wildman–Crippen MR) is 115 cm³/mol. The van der Waals surface area contributed by atoms with Crippen LogP contribution in [0, 0.1) is 0 Å². The molecule has 2 N–H and O–H groups in total. The standard InChI is InChI=1S/C18H11Cl3N6S/c19-10-3-12-13(4-11(10)20)25-17(24-12)7-22-14-5-16(21)26-27-15(6-23-18(14)27)9-1-2-28-8-9/h1-6,8,22H,7H2,(H,24,25). The Balaban J connectivity index is 1.48. The molecule has 5 rings (SSSR count). The molecule has 0 saturated heterocycles. The van der Waals surface area contributed by atoms with Crippen LogP contribution >= 0.6 is 46.1 Å². The minimum atomic E-state index is 0.368. The van der Waals surface area contributed by atoms with Gasteiger partial charge in [-0.05, 0) is 23.6 Å². The number of benzene rings is 1. The van der Waals surface area contributed by atoms with Crippen LogP contribution in [0.3, 0.4) is 0 Å². The summed E-state index contributed by atoms with van der Waals surface area (Å²) in [5, 5.41) is 13.1. The molecule has 10 heteroatoms. The first-order valence-electron chi connectivity index (χ1n) is 8.23. The number of H-pyrrole nitrogens is 1. The molecule has 0 aliphatic carbocycles. The van der Waals surface area contributed by atoms with E-state index in [-0.39, 0.29) is 0 Å². The van der Waals surface area contributed by atoms with Crippen LogP contribution in [0.5, 0.6) is 0 Å². The maximum absolute atomic E-state index is 6.25. The first kappa shape index (κ1) is 17.8. The van der Waals surface area contributed by atoms with Gasteiger partial charge in [-0.25, -0.2) is 14.5 Å². The van der Waals surface area contributed by atoms with E-state index >= 15 is 0 Å². The zero-order chi connectivity index (χ0) is 19.3. The van der Waals surface area contributed by atoms with E-state index < -0.39 is 0 Å². The molecule has 0 radical (unpaired) electrons. The largest absolute Gasteiger partial charge is 0.375 e. The zero-order valence-corrected chi connectivity index (χ0v) is 17.2. The molecular formula is C18H11Cl3N6S. The highest BCUT2D eigenvalue weighted by Crippen LogP contribution is 2.28. The van der Waals surface area contributed by atoms with Gasteiger partial charge < -0.3 is 10.3 Å². The van der Waals surface area contributed by atoms with Crippen molar-refractivity contribution in [1.82, 2.24) is 24.6 Å². The Morgan fingerprint density at radius 2 is 2.00 bits per heavy atom. The van der Waals surface area contributed by atoms with Crippen LogP contribution in [0.25, 0.3) is 27.9 Å². The second kappa shape index (κ2) is 6.93. The van der Waals surface area contributed by atoms with Crippen molar-refractivity contribution >= 4 is 68.5 Å². The maximum Gasteiger partial charge on any atom is 0.177 e. The van der Waals surface area contributed by atoms with Crippen LogP contribution in [-0.4, -0.2) is 24.6 Å². The lowest BCUT2D eigenvalue weighted by molar-refractivity contribution is 0.936. The fourth-order valence-corrected chi connectivity index (χ4v) is 4.15. The van der Waals surface area contributed by atoms with Crippen LogP contribution in [0.15, 0.2) is 41.2 Å². The molecule has 1 aromatic carbocycles. The third kappa shape index (κ3) is 3.10. The predicted octanol–water partition coefficient (Wildman–Crippen LogP) is 5.91. The summed E-state index contributed by atoms with van der Waals surface area (Å²) in [6.45, 7) is 0.445. The van der Waals surface area contributed by atoms with E-state index in [1.54, 1.807) is 40.2 Å². The molecule has 0 bridgehead atoms. The Morgan fingerprint density at radius 3 is 2.82 bits per heavy atom. The van der Waals surface area contributed by atoms with Gasteiger partial charge >= 0.3 is 0 Å². The number of thiophene rings is 1. The lowest BCUT2D eigenvalue weighted by atomic mass is 10.3. The van der Waals surface area contributed by atoms with E-state index in [0.717, 1.165) is 33.8 Å². The van der Waals surface area contributed by atoms with Gasteiger partial charge in [0.1, 0.15) is 5.82 Å². The number of nitrogens with zero attached hydrogens (tertiary/aromatic N) is 4. The lowest BCUT2D eigenvalue weighted by Crippen LogP contribution is -2.05. The number of anilines is 1. The molecule has 0 fully saturated rings. The van der Waals surface area contributed by atoms with Crippen molar-refractivity contribution in [3.63, 3.8) is 0 Å². The number of aromatic nitrogens is 5. The number of rotatable bonds is 4. The van der Waals surface area contributed by atoms with Crippen molar-refractivity contribution in [2.75, 3.05) is 5.32 Å². The number of fused-ring (bicyclic) bond motifs is 2. The van der Waals surface area contributed by atoms with Gasteiger partial charge in [0.15, 0.2) is 10.8 Å². The molecule has 0 unspecified atom stereocenters. The molecule has 0 atom stereocenters. The molecule has 6 nitrogen and oxygen atoms in total. The highest BCUT2D eigenvalue weighted by atomic mass is 35.5. The van der Waals surface area contributed by atoms with E-state index in [1.165, 1.54) is 0 Å². The first-order chi connectivity index (χ1) is 13.6. The van der Waals surface area contributed by atoms with Crippen LogP contribution in [-0.2, 0) is 6.54 Å². The molecule has 0 aliphatic heterocycles. The number of hydrogen-bond donors (Lipinski definition) is 2. The van der Waals surface area contributed by atoms with Gasteiger partial charge in [-0.1, -0.05) is 34.8 Å². The van der Waals surface area contributed by atoms with Gasteiger partial charge in [-0.2, -0.15) is 16.4 Å². The normalized spacial score (nSPS) is 11.5. The van der Waals surface area contributed by atoms with Crippen LogP contribution in [0.2, 0.25) is 15.2 Å². The highest BCUT2D eigenvalue weighted by Gasteiger charge is 2.13. The summed E-state index contributed by atoms with van der Waals surface area (Å²) in [5.41, 5.74) is 4.96. The lowest BCUT2D eigenvalue weighted by Gasteiger charge is -2.07. The first-order valence-corrected chi connectivity index (χ1v) is 10.3. The van der Waals surface area contributed by atoms with E-state index in [2.05, 4.69) is 25.4 Å². The monoisotopic (exact) mass is 448 g/mol. The molecule has 0 saturated carbocycles. The minimum absolute atomic E-state index is 0.368. The SMILES string of the molecule is Clc1cc(NCc2nc3cc(Cl)c(Cl)cc3[nH]2)c2ncc(-c3ccsc3)n2n1. The average molecular weight is 450 g/mol. The van der Waals surface area contributed by atoms with Gasteiger partial charge in [0.05, 0.1) is 45.2 Å². The second-order valence-corrected chi connectivity index (χ2v) is 8.07. The second-order valence-electron chi connectivity index (χ2n) is 6.09. The molecule has 4 aromatic heterocycles. The molecule has 0 aliphatic rings. The molecule has 4 heterocycles. The van der Waals surface area contributed by atoms with E-state index in [0.29, 0.717) is 27.4 Å². The molecule has 0 spiro atoms. The number of imidazole rings is 2. The third-order valence-electron chi connectivity index (χ3n) is 4.27. The number of aromatic amines is 1. The molecule has 28 heavy (non-hydrogen) atoms. The maximum atomic E-state index is 6.25. The summed E-state index contributed by atoms with van der Waals surface area (Å²) in [6, 6.07) is 7.27. The summed E-state index contributed by atoms with van der Waals surface area (Å²) in [4.78, 5) is 12.3. The fourth-order valence-electron chi connectivity index (χ4n) is 3.00. The quantitative estimate of drug-likeness (QED) is 0.358. The van der Waals surface area contributed by atoms with Crippen molar-refractivity contribution in [1.29, 1.82) is 0 Å². The van der Waals surface area contributed by atoms with E-state index in [4.69, 9.17) is 34.8 Å². The van der Waals surface area contributed by atoms with E-state index in [1.807, 2.05) is 16.8 Å². The van der Waals surface area contributed by atoms with Crippen molar-refractivity contribution in [2.45, 2.75) is 6.54 Å². The Kier molecular flexibility index (Phi) is 4.40. The van der Waals surface area contributed by atoms with Crippen molar-refractivity contribution in [3.8, 4) is 11.3 Å². The minimum Gasteiger partial charge on any atom is -0.375 e. The third-order valence-corrected chi connectivity index (χ3v) is 5.86. The number of hydrogen-bond acceptors (Lipinski definition) is 5. The summed E-state index contributed by atoms with van der Waals surface area (Å²) in [7, 11) is 0. The zero-order valence-electron chi connectivity index (χ0n) is 14.1. The average Bonchev–Trinajstić information content (AvgIpc) is 3.39. The van der Waals surface area contributed by atoms with Crippen molar-refractivity contribution in [3.05, 3.63) is 62.2 Å². The number of halogens is 3. The van der Waals surface area contributed by atoms with Gasteiger partial charge in [0.25, 0.3) is 0 Å². The van der Waals surface area contributed by atoms with Crippen molar-refractivity contribution < 1.29 is 0 Å². The molecular weight excluding hydrogens is 439 g/mol. The highest BCUT2D eigenvalue weighted by molar-refractivity contribution is 7.08. The van der Waals surface area contributed by atoms with Crippen molar-refractivity contribution in [2.24, 2.45) is 0 Å². The Bertz CT molecular complexity index is 1270. The van der Waals surface area contributed by atoms with Gasteiger partial charge in [-0.3, -0.25) is 0 Å². The fraction of sp³-hybridized carbons (Fsp3) is 0.0556.